The summed E-state index contributed by atoms with van der Waals surface area (Å²) in [5, 5.41) is 0. The molecule has 0 aromatic rings. The summed E-state index contributed by atoms with van der Waals surface area (Å²) in [5.41, 5.74) is 0. The monoisotopic (exact) mass is 559 g/mol. The van der Waals surface area contributed by atoms with E-state index in [2.05, 4.69) is 62.5 Å². The first-order valence-corrected chi connectivity index (χ1v) is 17.2. The molecule has 0 bridgehead atoms. The van der Waals surface area contributed by atoms with Crippen molar-refractivity contribution in [3.8, 4) is 0 Å². The van der Waals surface area contributed by atoms with Gasteiger partial charge in [0.25, 0.3) is 0 Å². The van der Waals surface area contributed by atoms with Gasteiger partial charge in [0.2, 0.25) is 0 Å². The van der Waals surface area contributed by atoms with Crippen molar-refractivity contribution in [3.05, 3.63) is 48.6 Å². The van der Waals surface area contributed by atoms with E-state index < -0.39 is 6.16 Å². The van der Waals surface area contributed by atoms with E-state index in [9.17, 15) is 4.79 Å². The number of rotatable bonds is 30. The molecule has 0 amide bonds. The predicted molar refractivity (Wildman–Crippen MR) is 176 cm³/mol. The summed E-state index contributed by atoms with van der Waals surface area (Å²) < 4.78 is 10.4. The van der Waals surface area contributed by atoms with Gasteiger partial charge in [-0.15, -0.1) is 0 Å². The van der Waals surface area contributed by atoms with Crippen LogP contribution in [-0.4, -0.2) is 19.4 Å². The third-order valence-electron chi connectivity index (χ3n) is 7.19. The second-order valence-electron chi connectivity index (χ2n) is 11.2. The molecule has 0 aromatic heterocycles. The third-order valence-corrected chi connectivity index (χ3v) is 7.19. The van der Waals surface area contributed by atoms with E-state index in [-0.39, 0.29) is 0 Å². The van der Waals surface area contributed by atoms with Crippen LogP contribution in [0.25, 0.3) is 0 Å². The van der Waals surface area contributed by atoms with E-state index >= 15 is 0 Å². The Morgan fingerprint density at radius 2 is 0.750 bits per heavy atom. The zero-order valence-electron chi connectivity index (χ0n) is 26.7. The van der Waals surface area contributed by atoms with Gasteiger partial charge in [0, 0.05) is 0 Å². The van der Waals surface area contributed by atoms with Crippen molar-refractivity contribution < 1.29 is 14.3 Å². The normalized spacial score (nSPS) is 12.1. The fourth-order valence-corrected chi connectivity index (χ4v) is 4.57. The van der Waals surface area contributed by atoms with Crippen LogP contribution >= 0.6 is 0 Å². The average Bonchev–Trinajstić information content (AvgIpc) is 2.96. The molecule has 0 aliphatic carbocycles. The van der Waals surface area contributed by atoms with E-state index in [0.717, 1.165) is 32.1 Å². The Hall–Kier alpha value is -1.77. The largest absolute Gasteiger partial charge is 0.508 e. The van der Waals surface area contributed by atoms with Crippen LogP contribution in [0.5, 0.6) is 0 Å². The van der Waals surface area contributed by atoms with Gasteiger partial charge in [-0.25, -0.2) is 4.79 Å². The Kier molecular flexibility index (Phi) is 33.7. The van der Waals surface area contributed by atoms with Crippen molar-refractivity contribution in [1.82, 2.24) is 0 Å². The molecule has 40 heavy (non-hydrogen) atoms. The quantitative estimate of drug-likeness (QED) is 0.0380. The molecule has 0 rings (SSSR count). The molecule has 0 heterocycles. The lowest BCUT2D eigenvalue weighted by Crippen LogP contribution is -2.09. The van der Waals surface area contributed by atoms with Crippen molar-refractivity contribution in [2.75, 3.05) is 13.2 Å². The molecule has 0 saturated carbocycles. The van der Waals surface area contributed by atoms with E-state index in [1.54, 1.807) is 0 Å². The lowest BCUT2D eigenvalue weighted by molar-refractivity contribution is 0.0529. The van der Waals surface area contributed by atoms with E-state index in [1.165, 1.54) is 122 Å². The summed E-state index contributed by atoms with van der Waals surface area (Å²) in [6.45, 7) is 5.46. The fourth-order valence-electron chi connectivity index (χ4n) is 4.57. The summed E-state index contributed by atoms with van der Waals surface area (Å²) in [7, 11) is 0. The summed E-state index contributed by atoms with van der Waals surface area (Å²) in [5.74, 6) is 0. The number of allylic oxidation sites excluding steroid dienone is 8. The molecular weight excluding hydrogens is 492 g/mol. The summed E-state index contributed by atoms with van der Waals surface area (Å²) in [6.07, 6.45) is 47.1. The zero-order chi connectivity index (χ0) is 29.0. The predicted octanol–water partition coefficient (Wildman–Crippen LogP) is 12.8. The number of ether oxygens (including phenoxy) is 2. The van der Waals surface area contributed by atoms with E-state index in [4.69, 9.17) is 9.47 Å². The molecule has 0 aromatic carbocycles. The molecule has 0 N–H and O–H groups in total. The highest BCUT2D eigenvalue weighted by molar-refractivity contribution is 5.59. The summed E-state index contributed by atoms with van der Waals surface area (Å²) >= 11 is 0. The SMILES string of the molecule is CCCCC=CC=CC=CCCCCCCCCOC(=O)OCCCCCCCC/C=C/CCCCCCCC. The standard InChI is InChI=1S/C37H66O3/c1-3-5-7-9-11-13-15-17-19-21-23-25-27-29-31-33-35-39-37(38)40-36-34-32-30-28-26-24-22-20-18-16-14-12-10-8-6-4-2/h9,11,13,15,17-20H,3-8,10,12,14,16,21-36H2,1-2H3/b11-9?,15-13?,19-17?,20-18+. The van der Waals surface area contributed by atoms with Crippen LogP contribution < -0.4 is 0 Å². The number of unbranched alkanes of at least 4 members (excludes halogenated alkanes) is 20. The van der Waals surface area contributed by atoms with Crippen LogP contribution in [0, 0.1) is 0 Å². The molecule has 0 fully saturated rings. The zero-order valence-corrected chi connectivity index (χ0v) is 26.7. The van der Waals surface area contributed by atoms with E-state index in [1.807, 2.05) is 0 Å². The highest BCUT2D eigenvalue weighted by Crippen LogP contribution is 2.11. The lowest BCUT2D eigenvalue weighted by Gasteiger charge is -2.06. The van der Waals surface area contributed by atoms with Crippen LogP contribution in [-0.2, 0) is 9.47 Å². The second-order valence-corrected chi connectivity index (χ2v) is 11.2. The first-order chi connectivity index (χ1) is 19.8. The van der Waals surface area contributed by atoms with Crippen LogP contribution in [0.3, 0.4) is 0 Å². The van der Waals surface area contributed by atoms with Gasteiger partial charge in [-0.2, -0.15) is 0 Å². The van der Waals surface area contributed by atoms with E-state index in [0.29, 0.717) is 13.2 Å². The van der Waals surface area contributed by atoms with Gasteiger partial charge in [0.1, 0.15) is 0 Å². The van der Waals surface area contributed by atoms with Crippen molar-refractivity contribution in [2.24, 2.45) is 0 Å². The minimum Gasteiger partial charge on any atom is -0.434 e. The van der Waals surface area contributed by atoms with Crippen LogP contribution in [0.4, 0.5) is 4.79 Å². The van der Waals surface area contributed by atoms with Gasteiger partial charge < -0.3 is 9.47 Å². The molecule has 3 heteroatoms. The maximum Gasteiger partial charge on any atom is 0.508 e. The lowest BCUT2D eigenvalue weighted by atomic mass is 10.1. The topological polar surface area (TPSA) is 35.5 Å². The van der Waals surface area contributed by atoms with Crippen molar-refractivity contribution in [2.45, 2.75) is 168 Å². The van der Waals surface area contributed by atoms with Crippen molar-refractivity contribution >= 4 is 6.16 Å². The molecule has 0 radical (unpaired) electrons. The van der Waals surface area contributed by atoms with Crippen LogP contribution in [0.1, 0.15) is 168 Å². The Morgan fingerprint density at radius 3 is 1.20 bits per heavy atom. The second kappa shape index (κ2) is 35.3. The highest BCUT2D eigenvalue weighted by Gasteiger charge is 2.03. The maximum absolute atomic E-state index is 11.7. The van der Waals surface area contributed by atoms with Gasteiger partial charge in [-0.1, -0.05) is 159 Å². The Bertz CT molecular complexity index is 617. The van der Waals surface area contributed by atoms with Gasteiger partial charge >= 0.3 is 6.16 Å². The number of hydrogen-bond donors (Lipinski definition) is 0. The van der Waals surface area contributed by atoms with Gasteiger partial charge in [-0.3, -0.25) is 0 Å². The number of carbonyl (C=O) groups excluding carboxylic acids is 1. The molecule has 232 valence electrons. The molecule has 3 nitrogen and oxygen atoms in total. The van der Waals surface area contributed by atoms with Gasteiger partial charge in [-0.05, 0) is 57.8 Å². The molecular formula is C37H66O3. The average molecular weight is 559 g/mol. The number of carbonyl (C=O) groups is 1. The number of hydrogen-bond acceptors (Lipinski definition) is 3. The minimum atomic E-state index is -0.495. The molecule has 0 unspecified atom stereocenters. The third kappa shape index (κ3) is 34.3. The van der Waals surface area contributed by atoms with Crippen molar-refractivity contribution in [1.29, 1.82) is 0 Å². The molecule has 0 aliphatic rings. The molecule has 0 saturated heterocycles. The minimum absolute atomic E-state index is 0.480. The summed E-state index contributed by atoms with van der Waals surface area (Å²) in [6, 6.07) is 0. The van der Waals surface area contributed by atoms with Gasteiger partial charge in [0.05, 0.1) is 13.2 Å². The Morgan fingerprint density at radius 1 is 0.400 bits per heavy atom. The Balaban J connectivity index is 3.28. The van der Waals surface area contributed by atoms with Crippen molar-refractivity contribution in [3.63, 3.8) is 0 Å². The molecule has 0 spiro atoms. The molecule has 0 aliphatic heterocycles. The maximum atomic E-state index is 11.7. The Labute approximate surface area is 250 Å². The summed E-state index contributed by atoms with van der Waals surface area (Å²) in [4.78, 5) is 11.7. The first-order valence-electron chi connectivity index (χ1n) is 17.2. The first kappa shape index (κ1) is 38.2. The fraction of sp³-hybridized carbons (Fsp3) is 0.757. The van der Waals surface area contributed by atoms with Gasteiger partial charge in [0.15, 0.2) is 0 Å². The highest BCUT2D eigenvalue weighted by atomic mass is 16.7. The smallest absolute Gasteiger partial charge is 0.434 e. The van der Waals surface area contributed by atoms with Crippen LogP contribution in [0.15, 0.2) is 48.6 Å². The molecule has 0 atom stereocenters. The van der Waals surface area contributed by atoms with Crippen LogP contribution in [0.2, 0.25) is 0 Å².